The minimum Gasteiger partial charge on any atom is -0.465 e. The number of pyridine rings is 1. The van der Waals surface area contributed by atoms with Crippen molar-refractivity contribution in [2.45, 2.75) is 26.7 Å². The standard InChI is InChI=1S/C21H23N3O4/c1-13(25)23-17-7-8-19(22-11-17)16-6-9-20(18(10-16)21(27)28-3)24(14(2)26)12-15-4-5-15/h6-11,15H,4-5,12H2,1-3H3,(H,23,25). The van der Waals surface area contributed by atoms with Crippen molar-refractivity contribution < 1.29 is 19.1 Å². The molecule has 1 aliphatic carbocycles. The maximum absolute atomic E-state index is 12.4. The number of hydrogen-bond donors (Lipinski definition) is 1. The Balaban J connectivity index is 1.96. The fraction of sp³-hybridized carbons (Fsp3) is 0.333. The van der Waals surface area contributed by atoms with Crippen molar-refractivity contribution in [3.8, 4) is 11.3 Å². The highest BCUT2D eigenvalue weighted by Crippen LogP contribution is 2.34. The van der Waals surface area contributed by atoms with Crippen LogP contribution in [0.2, 0.25) is 0 Å². The number of anilines is 2. The van der Waals surface area contributed by atoms with Gasteiger partial charge in [0, 0.05) is 26.0 Å². The van der Waals surface area contributed by atoms with Crippen molar-refractivity contribution in [2.75, 3.05) is 23.9 Å². The minimum atomic E-state index is -0.506. The van der Waals surface area contributed by atoms with Gasteiger partial charge in [-0.3, -0.25) is 14.6 Å². The van der Waals surface area contributed by atoms with Gasteiger partial charge in [0.15, 0.2) is 0 Å². The van der Waals surface area contributed by atoms with Gasteiger partial charge in [0.25, 0.3) is 0 Å². The van der Waals surface area contributed by atoms with E-state index < -0.39 is 5.97 Å². The highest BCUT2D eigenvalue weighted by molar-refractivity contribution is 6.03. The van der Waals surface area contributed by atoms with Crippen LogP contribution in [-0.2, 0) is 14.3 Å². The van der Waals surface area contributed by atoms with Gasteiger partial charge in [-0.25, -0.2) is 4.79 Å². The molecule has 7 nitrogen and oxygen atoms in total. The zero-order valence-electron chi connectivity index (χ0n) is 16.2. The number of benzene rings is 1. The molecule has 2 amide bonds. The molecule has 7 heteroatoms. The zero-order valence-corrected chi connectivity index (χ0v) is 16.2. The van der Waals surface area contributed by atoms with E-state index >= 15 is 0 Å². The molecule has 1 aromatic heterocycles. The highest BCUT2D eigenvalue weighted by atomic mass is 16.5. The highest BCUT2D eigenvalue weighted by Gasteiger charge is 2.29. The van der Waals surface area contributed by atoms with Crippen LogP contribution in [0.4, 0.5) is 11.4 Å². The molecule has 0 radical (unpaired) electrons. The number of carbonyl (C=O) groups is 3. The summed E-state index contributed by atoms with van der Waals surface area (Å²) < 4.78 is 4.94. The second kappa shape index (κ2) is 8.21. The molecule has 0 unspecified atom stereocenters. The Hall–Kier alpha value is -3.22. The molecule has 2 aromatic rings. The number of nitrogens with zero attached hydrogens (tertiary/aromatic N) is 2. The van der Waals surface area contributed by atoms with E-state index in [0.29, 0.717) is 40.7 Å². The van der Waals surface area contributed by atoms with Gasteiger partial charge in [0.05, 0.1) is 35.9 Å². The van der Waals surface area contributed by atoms with Crippen LogP contribution < -0.4 is 10.2 Å². The number of nitrogens with one attached hydrogen (secondary N) is 1. The molecule has 1 N–H and O–H groups in total. The van der Waals surface area contributed by atoms with Gasteiger partial charge in [-0.05, 0) is 43.0 Å². The quantitative estimate of drug-likeness (QED) is 0.776. The molecule has 0 spiro atoms. The molecule has 0 atom stereocenters. The van der Waals surface area contributed by atoms with Crippen molar-refractivity contribution in [2.24, 2.45) is 5.92 Å². The molecule has 0 bridgehead atoms. The molecule has 1 fully saturated rings. The second-order valence-corrected chi connectivity index (χ2v) is 6.91. The lowest BCUT2D eigenvalue weighted by atomic mass is 10.0. The average molecular weight is 381 g/mol. The SMILES string of the molecule is COC(=O)c1cc(-c2ccc(NC(C)=O)cn2)ccc1N(CC1CC1)C(C)=O. The van der Waals surface area contributed by atoms with Gasteiger partial charge < -0.3 is 15.0 Å². The zero-order chi connectivity index (χ0) is 20.3. The number of carbonyl (C=O) groups excluding carboxylic acids is 3. The predicted molar refractivity (Wildman–Crippen MR) is 106 cm³/mol. The predicted octanol–water partition coefficient (Wildman–Crippen LogP) is 3.26. The van der Waals surface area contributed by atoms with Gasteiger partial charge in [-0.1, -0.05) is 6.07 Å². The number of aromatic nitrogens is 1. The van der Waals surface area contributed by atoms with Crippen LogP contribution in [0, 0.1) is 5.92 Å². The Morgan fingerprint density at radius 3 is 2.46 bits per heavy atom. The smallest absolute Gasteiger partial charge is 0.340 e. The van der Waals surface area contributed by atoms with Crippen LogP contribution in [0.15, 0.2) is 36.5 Å². The largest absolute Gasteiger partial charge is 0.465 e. The summed E-state index contributed by atoms with van der Waals surface area (Å²) in [7, 11) is 1.32. The van der Waals surface area contributed by atoms with Crippen molar-refractivity contribution in [1.82, 2.24) is 4.98 Å². The van der Waals surface area contributed by atoms with Crippen molar-refractivity contribution in [3.63, 3.8) is 0 Å². The Labute approximate surface area is 163 Å². The normalized spacial score (nSPS) is 13.0. The third kappa shape index (κ3) is 4.54. The molecular formula is C21H23N3O4. The fourth-order valence-electron chi connectivity index (χ4n) is 3.00. The summed E-state index contributed by atoms with van der Waals surface area (Å²) in [4.78, 5) is 41.7. The molecule has 1 saturated carbocycles. The van der Waals surface area contributed by atoms with E-state index in [2.05, 4.69) is 10.3 Å². The van der Waals surface area contributed by atoms with E-state index in [-0.39, 0.29) is 11.8 Å². The van der Waals surface area contributed by atoms with E-state index in [1.165, 1.54) is 21.0 Å². The van der Waals surface area contributed by atoms with Crippen LogP contribution in [0.3, 0.4) is 0 Å². The Kier molecular flexibility index (Phi) is 5.73. The summed E-state index contributed by atoms with van der Waals surface area (Å²) in [5, 5.41) is 2.66. The number of ether oxygens (including phenoxy) is 1. The molecule has 1 aromatic carbocycles. The maximum atomic E-state index is 12.4. The number of amides is 2. The van der Waals surface area contributed by atoms with Crippen molar-refractivity contribution >= 4 is 29.2 Å². The van der Waals surface area contributed by atoms with E-state index in [9.17, 15) is 14.4 Å². The minimum absolute atomic E-state index is 0.109. The lowest BCUT2D eigenvalue weighted by molar-refractivity contribution is -0.116. The molecule has 0 aliphatic heterocycles. The molecule has 1 heterocycles. The first-order valence-electron chi connectivity index (χ1n) is 9.13. The van der Waals surface area contributed by atoms with Crippen LogP contribution in [-0.4, -0.2) is 36.4 Å². The molecular weight excluding hydrogens is 358 g/mol. The molecule has 146 valence electrons. The van der Waals surface area contributed by atoms with Gasteiger partial charge >= 0.3 is 5.97 Å². The van der Waals surface area contributed by atoms with E-state index in [1.807, 2.05) is 6.07 Å². The monoisotopic (exact) mass is 381 g/mol. The number of methoxy groups -OCH3 is 1. The summed E-state index contributed by atoms with van der Waals surface area (Å²) in [6.07, 6.45) is 3.75. The first-order chi connectivity index (χ1) is 13.4. The fourth-order valence-corrected chi connectivity index (χ4v) is 3.00. The Morgan fingerprint density at radius 1 is 1.18 bits per heavy atom. The van der Waals surface area contributed by atoms with E-state index in [4.69, 9.17) is 4.74 Å². The summed E-state index contributed by atoms with van der Waals surface area (Å²) in [6.45, 7) is 3.53. The maximum Gasteiger partial charge on any atom is 0.340 e. The third-order valence-corrected chi connectivity index (χ3v) is 4.59. The summed E-state index contributed by atoms with van der Waals surface area (Å²) in [6, 6.07) is 8.77. The summed E-state index contributed by atoms with van der Waals surface area (Å²) in [5.41, 5.74) is 2.82. The summed E-state index contributed by atoms with van der Waals surface area (Å²) in [5.74, 6) is -0.305. The van der Waals surface area contributed by atoms with Crippen molar-refractivity contribution in [3.05, 3.63) is 42.1 Å². The van der Waals surface area contributed by atoms with Gasteiger partial charge in [-0.15, -0.1) is 0 Å². The van der Waals surface area contributed by atoms with Crippen LogP contribution in [0.5, 0.6) is 0 Å². The Bertz CT molecular complexity index is 904. The lowest BCUT2D eigenvalue weighted by Crippen LogP contribution is -2.32. The van der Waals surface area contributed by atoms with Gasteiger partial charge in [-0.2, -0.15) is 0 Å². The first-order valence-corrected chi connectivity index (χ1v) is 9.13. The molecule has 28 heavy (non-hydrogen) atoms. The number of esters is 1. The number of rotatable bonds is 6. The van der Waals surface area contributed by atoms with E-state index in [0.717, 1.165) is 12.8 Å². The molecule has 0 saturated heterocycles. The second-order valence-electron chi connectivity index (χ2n) is 6.91. The third-order valence-electron chi connectivity index (χ3n) is 4.59. The average Bonchev–Trinajstić information content (AvgIpc) is 3.49. The van der Waals surface area contributed by atoms with Crippen LogP contribution >= 0.6 is 0 Å². The molecule has 3 rings (SSSR count). The lowest BCUT2D eigenvalue weighted by Gasteiger charge is -2.23. The van der Waals surface area contributed by atoms with E-state index in [1.54, 1.807) is 35.4 Å². The Morgan fingerprint density at radius 2 is 1.93 bits per heavy atom. The first kappa shape index (κ1) is 19.5. The van der Waals surface area contributed by atoms with Crippen LogP contribution in [0.25, 0.3) is 11.3 Å². The van der Waals surface area contributed by atoms with Gasteiger partial charge in [0.1, 0.15) is 0 Å². The van der Waals surface area contributed by atoms with Crippen molar-refractivity contribution in [1.29, 1.82) is 0 Å². The molecule has 1 aliphatic rings. The van der Waals surface area contributed by atoms with Gasteiger partial charge in [0.2, 0.25) is 11.8 Å². The number of hydrogen-bond acceptors (Lipinski definition) is 5. The van der Waals surface area contributed by atoms with Crippen LogP contribution in [0.1, 0.15) is 37.0 Å². The summed E-state index contributed by atoms with van der Waals surface area (Å²) >= 11 is 0. The topological polar surface area (TPSA) is 88.6 Å².